The van der Waals surface area contributed by atoms with Crippen LogP contribution in [-0.2, 0) is 13.6 Å². The molecule has 10 nitrogen and oxygen atoms in total. The first-order valence-corrected chi connectivity index (χ1v) is 10.4. The van der Waals surface area contributed by atoms with E-state index in [1.54, 1.807) is 30.8 Å². The maximum Gasteiger partial charge on any atom is 0.253 e. The Kier molecular flexibility index (Phi) is 6.05. The van der Waals surface area contributed by atoms with Crippen LogP contribution in [0.3, 0.4) is 0 Å². The van der Waals surface area contributed by atoms with Crippen molar-refractivity contribution in [3.8, 4) is 6.07 Å². The Morgan fingerprint density at radius 2 is 2.09 bits per heavy atom. The van der Waals surface area contributed by atoms with Crippen LogP contribution in [-0.4, -0.2) is 30.6 Å². The highest BCUT2D eigenvalue weighted by molar-refractivity contribution is 5.99. The predicted molar refractivity (Wildman–Crippen MR) is 124 cm³/mol. The summed E-state index contributed by atoms with van der Waals surface area (Å²) in [5, 5.41) is 20.2. The second-order valence-electron chi connectivity index (χ2n) is 7.80. The van der Waals surface area contributed by atoms with Crippen molar-refractivity contribution >= 4 is 28.4 Å². The van der Waals surface area contributed by atoms with Crippen molar-refractivity contribution in [1.29, 1.82) is 5.26 Å². The molecule has 0 saturated heterocycles. The average molecular weight is 459 g/mol. The van der Waals surface area contributed by atoms with Crippen LogP contribution in [0, 0.1) is 24.1 Å². The molecule has 1 aromatic carbocycles. The molecule has 0 aliphatic heterocycles. The lowest BCUT2D eigenvalue weighted by Crippen LogP contribution is -2.27. The van der Waals surface area contributed by atoms with Gasteiger partial charge in [-0.3, -0.25) is 9.48 Å². The Morgan fingerprint density at radius 3 is 2.79 bits per heavy atom. The maximum absolute atomic E-state index is 13.8. The van der Waals surface area contributed by atoms with Gasteiger partial charge in [0.05, 0.1) is 40.7 Å². The van der Waals surface area contributed by atoms with Gasteiger partial charge in [0.15, 0.2) is 0 Å². The third-order valence-electron chi connectivity index (χ3n) is 5.33. The van der Waals surface area contributed by atoms with Crippen LogP contribution in [0.25, 0.3) is 10.9 Å². The second-order valence-corrected chi connectivity index (χ2v) is 7.80. The van der Waals surface area contributed by atoms with Gasteiger partial charge in [0.2, 0.25) is 0 Å². The van der Waals surface area contributed by atoms with Crippen molar-refractivity contribution in [1.82, 2.24) is 30.0 Å². The molecule has 0 fully saturated rings. The van der Waals surface area contributed by atoms with Crippen LogP contribution in [0.5, 0.6) is 0 Å². The summed E-state index contributed by atoms with van der Waals surface area (Å²) in [4.78, 5) is 25.8. The SMILES string of the molecule is Cc1cc(CNC(=O)c2cc3cc(F)ccc3nc2[C@H](C)Nc2ncnc(N)c2C#N)n(C)n1. The van der Waals surface area contributed by atoms with E-state index in [0.29, 0.717) is 16.6 Å². The van der Waals surface area contributed by atoms with Crippen LogP contribution in [0.4, 0.5) is 16.0 Å². The van der Waals surface area contributed by atoms with Crippen molar-refractivity contribution < 1.29 is 9.18 Å². The number of aromatic nitrogens is 5. The lowest BCUT2D eigenvalue weighted by Gasteiger charge is -2.19. The number of nitrogens with two attached hydrogens (primary N) is 1. The first-order chi connectivity index (χ1) is 16.3. The summed E-state index contributed by atoms with van der Waals surface area (Å²) >= 11 is 0. The second kappa shape index (κ2) is 9.11. The molecule has 0 aliphatic carbocycles. The molecule has 3 heterocycles. The molecule has 11 heteroatoms. The fraction of sp³-hybridized carbons (Fsp3) is 0.217. The lowest BCUT2D eigenvalue weighted by atomic mass is 10.0. The highest BCUT2D eigenvalue weighted by Crippen LogP contribution is 2.26. The van der Waals surface area contributed by atoms with E-state index in [-0.39, 0.29) is 35.2 Å². The van der Waals surface area contributed by atoms with Gasteiger partial charge in [0, 0.05) is 12.4 Å². The highest BCUT2D eigenvalue weighted by Gasteiger charge is 2.21. The fourth-order valence-electron chi connectivity index (χ4n) is 3.66. The number of carbonyl (C=O) groups excluding carboxylic acids is 1. The molecule has 1 atom stereocenters. The molecule has 0 bridgehead atoms. The van der Waals surface area contributed by atoms with E-state index in [4.69, 9.17) is 5.73 Å². The topological polar surface area (TPSA) is 147 Å². The van der Waals surface area contributed by atoms with Crippen LogP contribution >= 0.6 is 0 Å². The van der Waals surface area contributed by atoms with E-state index < -0.39 is 11.9 Å². The van der Waals surface area contributed by atoms with Gasteiger partial charge in [0.25, 0.3) is 5.91 Å². The van der Waals surface area contributed by atoms with Crippen molar-refractivity contribution in [2.75, 3.05) is 11.1 Å². The highest BCUT2D eigenvalue weighted by atomic mass is 19.1. The number of nitriles is 1. The minimum Gasteiger partial charge on any atom is -0.382 e. The van der Waals surface area contributed by atoms with Crippen molar-refractivity contribution in [3.05, 3.63) is 70.7 Å². The first kappa shape index (κ1) is 22.6. The number of fused-ring (bicyclic) bond motifs is 1. The monoisotopic (exact) mass is 459 g/mol. The van der Waals surface area contributed by atoms with Gasteiger partial charge in [-0.15, -0.1) is 0 Å². The van der Waals surface area contributed by atoms with E-state index in [2.05, 4.69) is 30.7 Å². The smallest absolute Gasteiger partial charge is 0.253 e. The fourth-order valence-corrected chi connectivity index (χ4v) is 3.66. The average Bonchev–Trinajstić information content (AvgIpc) is 3.13. The summed E-state index contributed by atoms with van der Waals surface area (Å²) in [6, 6.07) is 9.08. The number of nitrogens with one attached hydrogen (secondary N) is 2. The Bertz CT molecular complexity index is 1440. The van der Waals surface area contributed by atoms with Gasteiger partial charge in [-0.2, -0.15) is 10.4 Å². The van der Waals surface area contributed by atoms with Crippen LogP contribution in [0.2, 0.25) is 0 Å². The quantitative estimate of drug-likeness (QED) is 0.399. The maximum atomic E-state index is 13.8. The summed E-state index contributed by atoms with van der Waals surface area (Å²) in [6.07, 6.45) is 1.24. The number of pyridine rings is 1. The first-order valence-electron chi connectivity index (χ1n) is 10.4. The number of hydrogen-bond acceptors (Lipinski definition) is 8. The molecule has 0 aliphatic rings. The summed E-state index contributed by atoms with van der Waals surface area (Å²) in [7, 11) is 1.80. The van der Waals surface area contributed by atoms with Gasteiger partial charge in [-0.25, -0.2) is 19.3 Å². The number of benzene rings is 1. The normalized spacial score (nSPS) is 11.7. The summed E-state index contributed by atoms with van der Waals surface area (Å²) in [5.41, 5.74) is 8.73. The predicted octanol–water partition coefficient (Wildman–Crippen LogP) is 2.76. The van der Waals surface area contributed by atoms with E-state index in [1.165, 1.54) is 18.5 Å². The summed E-state index contributed by atoms with van der Waals surface area (Å²) in [6.45, 7) is 3.89. The molecule has 4 aromatic rings. The van der Waals surface area contributed by atoms with Crippen molar-refractivity contribution in [2.45, 2.75) is 26.4 Å². The molecule has 0 saturated carbocycles. The van der Waals surface area contributed by atoms with Gasteiger partial charge < -0.3 is 16.4 Å². The van der Waals surface area contributed by atoms with Crippen LogP contribution < -0.4 is 16.4 Å². The van der Waals surface area contributed by atoms with E-state index in [1.807, 2.05) is 19.1 Å². The Balaban J connectivity index is 1.71. The third kappa shape index (κ3) is 4.47. The molecular formula is C23H22FN9O. The number of anilines is 2. The Labute approximate surface area is 194 Å². The molecule has 0 unspecified atom stereocenters. The number of carbonyl (C=O) groups is 1. The molecule has 4 rings (SSSR count). The number of rotatable bonds is 6. The van der Waals surface area contributed by atoms with Gasteiger partial charge >= 0.3 is 0 Å². The number of nitrogen functional groups attached to an aromatic ring is 1. The number of amides is 1. The third-order valence-corrected chi connectivity index (χ3v) is 5.33. The minimum atomic E-state index is -0.546. The molecule has 0 spiro atoms. The standard InChI is InChI=1S/C23H22FN9O/c1-12-6-16(33(3)32-12)10-27-23(34)17-8-14-7-15(24)4-5-19(14)31-20(17)13(2)30-22-18(9-25)21(26)28-11-29-22/h4-8,11,13H,10H2,1-3H3,(H,27,34)(H3,26,28,29,30)/t13-/m0/s1. The van der Waals surface area contributed by atoms with E-state index in [9.17, 15) is 14.4 Å². The summed E-state index contributed by atoms with van der Waals surface area (Å²) in [5.74, 6) is -0.553. The molecule has 172 valence electrons. The molecular weight excluding hydrogens is 437 g/mol. The largest absolute Gasteiger partial charge is 0.382 e. The van der Waals surface area contributed by atoms with Gasteiger partial charge in [0.1, 0.15) is 35.4 Å². The summed E-state index contributed by atoms with van der Waals surface area (Å²) < 4.78 is 15.5. The van der Waals surface area contributed by atoms with E-state index >= 15 is 0 Å². The van der Waals surface area contributed by atoms with Crippen molar-refractivity contribution in [3.63, 3.8) is 0 Å². The number of halogens is 1. The molecule has 4 N–H and O–H groups in total. The van der Waals surface area contributed by atoms with Crippen LogP contribution in [0.1, 0.15) is 46.0 Å². The molecule has 34 heavy (non-hydrogen) atoms. The molecule has 1 amide bonds. The lowest BCUT2D eigenvalue weighted by molar-refractivity contribution is 0.0948. The Morgan fingerprint density at radius 1 is 1.29 bits per heavy atom. The zero-order chi connectivity index (χ0) is 24.4. The number of nitrogens with zero attached hydrogens (tertiary/aromatic N) is 6. The van der Waals surface area contributed by atoms with Gasteiger partial charge in [-0.05, 0) is 44.2 Å². The van der Waals surface area contributed by atoms with Crippen molar-refractivity contribution in [2.24, 2.45) is 7.05 Å². The zero-order valence-electron chi connectivity index (χ0n) is 18.8. The van der Waals surface area contributed by atoms with Crippen LogP contribution in [0.15, 0.2) is 36.7 Å². The molecule has 0 radical (unpaired) electrons. The zero-order valence-corrected chi connectivity index (χ0v) is 18.8. The number of aryl methyl sites for hydroxylation is 2. The number of hydrogen-bond donors (Lipinski definition) is 3. The minimum absolute atomic E-state index is 0.0404. The van der Waals surface area contributed by atoms with E-state index in [0.717, 1.165) is 11.4 Å². The molecule has 3 aromatic heterocycles. The van der Waals surface area contributed by atoms with Gasteiger partial charge in [-0.1, -0.05) is 0 Å². The Hall–Kier alpha value is -4.59.